The summed E-state index contributed by atoms with van der Waals surface area (Å²) in [5, 5.41) is 9.38. The maximum atomic E-state index is 12.5. The van der Waals surface area contributed by atoms with Gasteiger partial charge in [-0.2, -0.15) is 0 Å². The molecule has 5 heteroatoms. The molecule has 0 radical (unpaired) electrons. The second kappa shape index (κ2) is 6.54. The highest BCUT2D eigenvalue weighted by molar-refractivity contribution is 5.93. The van der Waals surface area contributed by atoms with Gasteiger partial charge in [-0.1, -0.05) is 12.1 Å². The highest BCUT2D eigenvalue weighted by Crippen LogP contribution is 2.14. The molecule has 0 saturated carbocycles. The zero-order valence-corrected chi connectivity index (χ0v) is 12.2. The fourth-order valence-electron chi connectivity index (χ4n) is 2.19. The molecule has 0 saturated heterocycles. The van der Waals surface area contributed by atoms with E-state index in [9.17, 15) is 9.59 Å². The number of carbonyl (C=O) groups is 1. The Kier molecular flexibility index (Phi) is 4.75. The van der Waals surface area contributed by atoms with Gasteiger partial charge in [0.15, 0.2) is 11.2 Å². The average molecular weight is 289 g/mol. The van der Waals surface area contributed by atoms with Crippen LogP contribution in [0, 0.1) is 0 Å². The third-order valence-electron chi connectivity index (χ3n) is 3.29. The Morgan fingerprint density at radius 3 is 2.71 bits per heavy atom. The molecule has 0 spiro atoms. The van der Waals surface area contributed by atoms with E-state index in [0.29, 0.717) is 23.9 Å². The number of fused-ring (bicyclic) bond motifs is 1. The van der Waals surface area contributed by atoms with Gasteiger partial charge >= 0.3 is 0 Å². The fraction of sp³-hybridized carbons (Fsp3) is 0.375. The zero-order chi connectivity index (χ0) is 15.4. The standard InChI is InChI=1S/C16H19NO4/c1-11(2)17(8-5-9-18)16(20)15-10-13(19)12-6-3-4-7-14(12)21-15/h3-4,6-7,10-11,18H,5,8-9H2,1-2H3. The molecule has 1 aromatic heterocycles. The molecule has 5 nitrogen and oxygen atoms in total. The molecule has 0 bridgehead atoms. The molecule has 0 aliphatic heterocycles. The minimum absolute atomic E-state index is 0.0121. The molecule has 1 heterocycles. The lowest BCUT2D eigenvalue weighted by molar-refractivity contribution is 0.0661. The van der Waals surface area contributed by atoms with E-state index in [4.69, 9.17) is 9.52 Å². The van der Waals surface area contributed by atoms with Crippen LogP contribution in [0.15, 0.2) is 39.5 Å². The molecule has 0 atom stereocenters. The van der Waals surface area contributed by atoms with Crippen LogP contribution in [-0.4, -0.2) is 35.1 Å². The first kappa shape index (κ1) is 15.3. The number of hydrogen-bond acceptors (Lipinski definition) is 4. The van der Waals surface area contributed by atoms with Gasteiger partial charge in [0.05, 0.1) is 5.39 Å². The number of aliphatic hydroxyl groups excluding tert-OH is 1. The molecule has 112 valence electrons. The summed E-state index contributed by atoms with van der Waals surface area (Å²) in [6.45, 7) is 4.20. The zero-order valence-electron chi connectivity index (χ0n) is 12.2. The van der Waals surface area contributed by atoms with Crippen molar-refractivity contribution < 1.29 is 14.3 Å². The van der Waals surface area contributed by atoms with Gasteiger partial charge in [0.1, 0.15) is 5.58 Å². The number of nitrogens with zero attached hydrogens (tertiary/aromatic N) is 1. The second-order valence-electron chi connectivity index (χ2n) is 5.14. The van der Waals surface area contributed by atoms with E-state index in [0.717, 1.165) is 0 Å². The van der Waals surface area contributed by atoms with Crippen molar-refractivity contribution in [2.24, 2.45) is 0 Å². The number of aliphatic hydroxyl groups is 1. The van der Waals surface area contributed by atoms with E-state index in [-0.39, 0.29) is 29.7 Å². The Balaban J connectivity index is 2.40. The molecule has 1 amide bonds. The van der Waals surface area contributed by atoms with Crippen LogP contribution < -0.4 is 5.43 Å². The summed E-state index contributed by atoms with van der Waals surface area (Å²) < 4.78 is 5.56. The number of benzene rings is 1. The van der Waals surface area contributed by atoms with Crippen molar-refractivity contribution in [3.05, 3.63) is 46.3 Å². The Hall–Kier alpha value is -2.14. The Labute approximate surface area is 122 Å². The molecule has 1 aromatic carbocycles. The monoisotopic (exact) mass is 289 g/mol. The molecule has 0 fully saturated rings. The van der Waals surface area contributed by atoms with Gasteiger partial charge in [-0.05, 0) is 32.4 Å². The first-order valence-electron chi connectivity index (χ1n) is 6.99. The molecule has 21 heavy (non-hydrogen) atoms. The van der Waals surface area contributed by atoms with Crippen LogP contribution >= 0.6 is 0 Å². The first-order valence-corrected chi connectivity index (χ1v) is 6.99. The van der Waals surface area contributed by atoms with Crippen LogP contribution in [0.25, 0.3) is 11.0 Å². The summed E-state index contributed by atoms with van der Waals surface area (Å²) in [6, 6.07) is 8.04. The van der Waals surface area contributed by atoms with Gasteiger partial charge in [-0.25, -0.2) is 0 Å². The molecule has 1 N–H and O–H groups in total. The number of rotatable bonds is 5. The average Bonchev–Trinajstić information content (AvgIpc) is 2.47. The van der Waals surface area contributed by atoms with Crippen LogP contribution in [-0.2, 0) is 0 Å². The molecule has 0 aliphatic rings. The van der Waals surface area contributed by atoms with Crippen molar-refractivity contribution in [3.63, 3.8) is 0 Å². The van der Waals surface area contributed by atoms with Crippen molar-refractivity contribution in [1.29, 1.82) is 0 Å². The van der Waals surface area contributed by atoms with Gasteiger partial charge in [-0.3, -0.25) is 9.59 Å². The minimum Gasteiger partial charge on any atom is -0.451 e. The van der Waals surface area contributed by atoms with Crippen molar-refractivity contribution in [2.75, 3.05) is 13.2 Å². The highest BCUT2D eigenvalue weighted by Gasteiger charge is 2.21. The van der Waals surface area contributed by atoms with Crippen molar-refractivity contribution >= 4 is 16.9 Å². The van der Waals surface area contributed by atoms with E-state index < -0.39 is 0 Å². The van der Waals surface area contributed by atoms with Gasteiger partial charge < -0.3 is 14.4 Å². The van der Waals surface area contributed by atoms with Gasteiger partial charge in [0, 0.05) is 25.3 Å². The van der Waals surface area contributed by atoms with Crippen molar-refractivity contribution in [3.8, 4) is 0 Å². The Morgan fingerprint density at radius 2 is 2.05 bits per heavy atom. The number of carbonyl (C=O) groups excluding carboxylic acids is 1. The number of amides is 1. The summed E-state index contributed by atoms with van der Waals surface area (Å²) in [5.41, 5.74) is 0.172. The lowest BCUT2D eigenvalue weighted by Crippen LogP contribution is -2.38. The lowest BCUT2D eigenvalue weighted by atomic mass is 10.2. The second-order valence-corrected chi connectivity index (χ2v) is 5.14. The summed E-state index contributed by atoms with van der Waals surface area (Å²) in [6.07, 6.45) is 0.488. The van der Waals surface area contributed by atoms with Crippen LogP contribution in [0.5, 0.6) is 0 Å². The van der Waals surface area contributed by atoms with E-state index in [1.165, 1.54) is 6.07 Å². The Morgan fingerprint density at radius 1 is 1.33 bits per heavy atom. The summed E-state index contributed by atoms with van der Waals surface area (Å²) in [5.74, 6) is -0.299. The third kappa shape index (κ3) is 3.31. The van der Waals surface area contributed by atoms with E-state index in [1.807, 2.05) is 13.8 Å². The van der Waals surface area contributed by atoms with E-state index in [1.54, 1.807) is 29.2 Å². The van der Waals surface area contributed by atoms with Crippen molar-refractivity contribution in [1.82, 2.24) is 4.90 Å². The molecule has 2 aromatic rings. The number of hydrogen-bond donors (Lipinski definition) is 1. The molecule has 0 unspecified atom stereocenters. The summed E-state index contributed by atoms with van der Waals surface area (Å²) in [4.78, 5) is 26.1. The molecular weight excluding hydrogens is 270 g/mol. The van der Waals surface area contributed by atoms with Gasteiger partial charge in [0.2, 0.25) is 0 Å². The highest BCUT2D eigenvalue weighted by atomic mass is 16.3. The topological polar surface area (TPSA) is 70.8 Å². The summed E-state index contributed by atoms with van der Waals surface area (Å²) >= 11 is 0. The van der Waals surface area contributed by atoms with Crippen LogP contribution in [0.1, 0.15) is 30.8 Å². The SMILES string of the molecule is CC(C)N(CCCO)C(=O)c1cc(=O)c2ccccc2o1. The minimum atomic E-state index is -0.332. The van der Waals surface area contributed by atoms with Crippen LogP contribution in [0.3, 0.4) is 0 Å². The normalized spacial score (nSPS) is 11.0. The molecular formula is C16H19NO4. The Bertz CT molecular complexity index is 690. The maximum Gasteiger partial charge on any atom is 0.289 e. The smallest absolute Gasteiger partial charge is 0.289 e. The third-order valence-corrected chi connectivity index (χ3v) is 3.29. The van der Waals surface area contributed by atoms with Crippen molar-refractivity contribution in [2.45, 2.75) is 26.3 Å². The summed E-state index contributed by atoms with van der Waals surface area (Å²) in [7, 11) is 0. The quantitative estimate of drug-likeness (QED) is 0.914. The largest absolute Gasteiger partial charge is 0.451 e. The first-order chi connectivity index (χ1) is 10.0. The van der Waals surface area contributed by atoms with Crippen LogP contribution in [0.2, 0.25) is 0 Å². The van der Waals surface area contributed by atoms with E-state index >= 15 is 0 Å². The predicted molar refractivity (Wildman–Crippen MR) is 80.4 cm³/mol. The maximum absolute atomic E-state index is 12.5. The van der Waals surface area contributed by atoms with E-state index in [2.05, 4.69) is 0 Å². The van der Waals surface area contributed by atoms with Gasteiger partial charge in [0.25, 0.3) is 5.91 Å². The van der Waals surface area contributed by atoms with Gasteiger partial charge in [-0.15, -0.1) is 0 Å². The van der Waals surface area contributed by atoms with Crippen LogP contribution in [0.4, 0.5) is 0 Å². The molecule has 0 aliphatic carbocycles. The number of para-hydroxylation sites is 1. The molecule has 2 rings (SSSR count). The fourth-order valence-corrected chi connectivity index (χ4v) is 2.19. The predicted octanol–water partition coefficient (Wildman–Crippen LogP) is 2.03. The lowest BCUT2D eigenvalue weighted by Gasteiger charge is -2.25.